The summed E-state index contributed by atoms with van der Waals surface area (Å²) < 4.78 is 0. The van der Waals surface area contributed by atoms with E-state index in [0.717, 1.165) is 12.1 Å². The van der Waals surface area contributed by atoms with Crippen LogP contribution < -0.4 is 15.5 Å². The Hall–Kier alpha value is -3.15. The van der Waals surface area contributed by atoms with Crippen LogP contribution in [0.2, 0.25) is 0 Å². The minimum absolute atomic E-state index is 0.0308. The van der Waals surface area contributed by atoms with Gasteiger partial charge in [0.1, 0.15) is 6.54 Å². The molecule has 0 atom stereocenters. The molecule has 0 fully saturated rings. The van der Waals surface area contributed by atoms with Crippen LogP contribution in [0.5, 0.6) is 0 Å². The quantitative estimate of drug-likeness (QED) is 0.662. The first-order valence-corrected chi connectivity index (χ1v) is 10.1. The third kappa shape index (κ3) is 5.67. The van der Waals surface area contributed by atoms with E-state index in [2.05, 4.69) is 17.6 Å². The highest BCUT2D eigenvalue weighted by atomic mass is 16.2. The fraction of sp³-hybridized carbons (Fsp3) is 0.348. The Balaban J connectivity index is 1.50. The van der Waals surface area contributed by atoms with Gasteiger partial charge in [-0.1, -0.05) is 44.0 Å². The van der Waals surface area contributed by atoms with Crippen LogP contribution in [0.4, 0.5) is 17.1 Å². The van der Waals surface area contributed by atoms with Gasteiger partial charge in [0, 0.05) is 18.5 Å². The Bertz CT molecular complexity index is 877. The highest BCUT2D eigenvalue weighted by molar-refractivity contribution is 6.10. The molecule has 0 aromatic heterocycles. The molecule has 0 radical (unpaired) electrons. The maximum atomic E-state index is 12.6. The number of anilines is 3. The first-order valence-electron chi connectivity index (χ1n) is 10.1. The van der Waals surface area contributed by atoms with Crippen molar-refractivity contribution in [2.45, 2.75) is 45.4 Å². The van der Waals surface area contributed by atoms with Gasteiger partial charge < -0.3 is 15.5 Å². The lowest BCUT2D eigenvalue weighted by molar-refractivity contribution is -0.124. The smallest absolute Gasteiger partial charge is 0.244 e. The normalized spacial score (nSPS) is 12.9. The molecule has 3 rings (SSSR count). The zero-order valence-electron chi connectivity index (χ0n) is 16.7. The number of carbonyl (C=O) groups is 3. The van der Waals surface area contributed by atoms with E-state index < -0.39 is 0 Å². The number of benzene rings is 2. The maximum absolute atomic E-state index is 12.6. The Morgan fingerprint density at radius 2 is 1.79 bits per heavy atom. The number of para-hydroxylation sites is 2. The fourth-order valence-corrected chi connectivity index (χ4v) is 3.37. The first kappa shape index (κ1) is 20.6. The highest BCUT2D eigenvalue weighted by Crippen LogP contribution is 2.29. The van der Waals surface area contributed by atoms with Crippen LogP contribution in [0.3, 0.4) is 0 Å². The summed E-state index contributed by atoms with van der Waals surface area (Å²) in [5.74, 6) is -0.693. The maximum Gasteiger partial charge on any atom is 0.244 e. The first-order chi connectivity index (χ1) is 14.1. The Kier molecular flexibility index (Phi) is 7.00. The summed E-state index contributed by atoms with van der Waals surface area (Å²) in [6.45, 7) is 2.15. The number of amides is 3. The van der Waals surface area contributed by atoms with Crippen molar-refractivity contribution in [1.29, 1.82) is 0 Å². The second kappa shape index (κ2) is 9.87. The van der Waals surface area contributed by atoms with Crippen molar-refractivity contribution in [3.05, 3.63) is 54.1 Å². The molecule has 29 heavy (non-hydrogen) atoms. The predicted molar refractivity (Wildman–Crippen MR) is 115 cm³/mol. The number of rotatable bonds is 8. The van der Waals surface area contributed by atoms with E-state index in [9.17, 15) is 14.4 Å². The molecule has 3 amide bonds. The van der Waals surface area contributed by atoms with Gasteiger partial charge in [-0.3, -0.25) is 14.4 Å². The number of nitrogens with one attached hydrogen (secondary N) is 2. The van der Waals surface area contributed by atoms with Crippen molar-refractivity contribution in [3.63, 3.8) is 0 Å². The van der Waals surface area contributed by atoms with Crippen LogP contribution in [-0.2, 0) is 20.8 Å². The van der Waals surface area contributed by atoms with E-state index in [1.807, 2.05) is 30.3 Å². The molecular weight excluding hydrogens is 366 g/mol. The van der Waals surface area contributed by atoms with Gasteiger partial charge in [0.25, 0.3) is 0 Å². The number of carbonyl (C=O) groups excluding carboxylic acids is 3. The fourth-order valence-electron chi connectivity index (χ4n) is 3.37. The second-order valence-corrected chi connectivity index (χ2v) is 7.25. The highest BCUT2D eigenvalue weighted by Gasteiger charge is 2.26. The third-order valence-electron chi connectivity index (χ3n) is 4.94. The van der Waals surface area contributed by atoms with Crippen molar-refractivity contribution in [1.82, 2.24) is 0 Å². The molecule has 152 valence electrons. The van der Waals surface area contributed by atoms with Crippen LogP contribution >= 0.6 is 0 Å². The lowest BCUT2D eigenvalue weighted by Crippen LogP contribution is -2.42. The minimum atomic E-state index is -0.242. The van der Waals surface area contributed by atoms with Crippen LogP contribution in [-0.4, -0.2) is 24.3 Å². The van der Waals surface area contributed by atoms with Crippen molar-refractivity contribution in [3.8, 4) is 0 Å². The molecule has 2 aromatic carbocycles. The van der Waals surface area contributed by atoms with E-state index in [1.165, 1.54) is 29.7 Å². The van der Waals surface area contributed by atoms with Crippen LogP contribution in [0.15, 0.2) is 48.5 Å². The van der Waals surface area contributed by atoms with Gasteiger partial charge in [0.05, 0.1) is 11.4 Å². The monoisotopic (exact) mass is 393 g/mol. The van der Waals surface area contributed by atoms with Crippen molar-refractivity contribution in [2.75, 3.05) is 22.1 Å². The van der Waals surface area contributed by atoms with Gasteiger partial charge in [-0.25, -0.2) is 0 Å². The summed E-state index contributed by atoms with van der Waals surface area (Å²) in [6.07, 6.45) is 4.74. The molecule has 1 heterocycles. The van der Waals surface area contributed by atoms with Crippen molar-refractivity contribution >= 4 is 34.8 Å². The molecule has 2 aromatic rings. The standard InChI is InChI=1S/C23H27N3O3/c1-2-3-4-7-17-10-12-18(13-11-17)24-21(27)14-15-23(29)26-16-22(28)25-19-8-5-6-9-20(19)26/h5-6,8-13H,2-4,7,14-16H2,1H3,(H,24,27)(H,25,28). The largest absolute Gasteiger partial charge is 0.326 e. The predicted octanol–water partition coefficient (Wildman–Crippen LogP) is 4.12. The molecule has 1 aliphatic heterocycles. The van der Waals surface area contributed by atoms with E-state index in [0.29, 0.717) is 11.4 Å². The molecule has 0 aliphatic carbocycles. The molecular formula is C23H27N3O3. The summed E-state index contributed by atoms with van der Waals surface area (Å²) in [5.41, 5.74) is 3.26. The van der Waals surface area contributed by atoms with Gasteiger partial charge in [-0.15, -0.1) is 0 Å². The summed E-state index contributed by atoms with van der Waals surface area (Å²) in [4.78, 5) is 38.1. The Morgan fingerprint density at radius 3 is 2.55 bits per heavy atom. The molecule has 6 heteroatoms. The van der Waals surface area contributed by atoms with Gasteiger partial charge in [0.2, 0.25) is 17.7 Å². The second-order valence-electron chi connectivity index (χ2n) is 7.25. The van der Waals surface area contributed by atoms with Crippen LogP contribution in [0.25, 0.3) is 0 Å². The van der Waals surface area contributed by atoms with E-state index in [4.69, 9.17) is 0 Å². The summed E-state index contributed by atoms with van der Waals surface area (Å²) in [7, 11) is 0. The topological polar surface area (TPSA) is 78.5 Å². The lowest BCUT2D eigenvalue weighted by atomic mass is 10.1. The Labute approximate surface area is 171 Å². The zero-order valence-corrected chi connectivity index (χ0v) is 16.7. The van der Waals surface area contributed by atoms with Gasteiger partial charge in [-0.2, -0.15) is 0 Å². The molecule has 0 unspecified atom stereocenters. The number of hydrogen-bond donors (Lipinski definition) is 2. The van der Waals surface area contributed by atoms with Crippen LogP contribution in [0, 0.1) is 0 Å². The summed E-state index contributed by atoms with van der Waals surface area (Å²) >= 11 is 0. The van der Waals surface area contributed by atoms with Crippen molar-refractivity contribution in [2.24, 2.45) is 0 Å². The summed E-state index contributed by atoms with van der Waals surface area (Å²) in [6, 6.07) is 15.0. The number of unbranched alkanes of at least 4 members (excludes halogenated alkanes) is 2. The number of hydrogen-bond acceptors (Lipinski definition) is 3. The third-order valence-corrected chi connectivity index (χ3v) is 4.94. The SMILES string of the molecule is CCCCCc1ccc(NC(=O)CCC(=O)N2CC(=O)Nc3ccccc32)cc1. The molecule has 1 aliphatic rings. The zero-order chi connectivity index (χ0) is 20.6. The van der Waals surface area contributed by atoms with Crippen molar-refractivity contribution < 1.29 is 14.4 Å². The van der Waals surface area contributed by atoms with E-state index in [-0.39, 0.29) is 37.1 Å². The van der Waals surface area contributed by atoms with Gasteiger partial charge in [0.15, 0.2) is 0 Å². The molecule has 0 saturated carbocycles. The number of aryl methyl sites for hydroxylation is 1. The van der Waals surface area contributed by atoms with E-state index >= 15 is 0 Å². The lowest BCUT2D eigenvalue weighted by Gasteiger charge is -2.29. The van der Waals surface area contributed by atoms with Crippen LogP contribution in [0.1, 0.15) is 44.6 Å². The molecule has 6 nitrogen and oxygen atoms in total. The molecule has 0 saturated heterocycles. The Morgan fingerprint density at radius 1 is 1.03 bits per heavy atom. The minimum Gasteiger partial charge on any atom is -0.326 e. The molecule has 0 spiro atoms. The molecule has 2 N–H and O–H groups in total. The number of nitrogens with zero attached hydrogens (tertiary/aromatic N) is 1. The molecule has 0 bridgehead atoms. The van der Waals surface area contributed by atoms with Gasteiger partial charge >= 0.3 is 0 Å². The van der Waals surface area contributed by atoms with Gasteiger partial charge in [-0.05, 0) is 42.7 Å². The average Bonchev–Trinajstić information content (AvgIpc) is 2.73. The number of fused-ring (bicyclic) bond motifs is 1. The van der Waals surface area contributed by atoms with E-state index in [1.54, 1.807) is 18.2 Å². The summed E-state index contributed by atoms with van der Waals surface area (Å²) in [5, 5.41) is 5.58. The average molecular weight is 393 g/mol.